The van der Waals surface area contributed by atoms with Gasteiger partial charge in [-0.1, -0.05) is 42.5 Å². The monoisotopic (exact) mass is 242 g/mol. The van der Waals surface area contributed by atoms with Gasteiger partial charge in [-0.2, -0.15) is 0 Å². The molecule has 0 saturated carbocycles. The molecule has 0 radical (unpaired) electrons. The molecule has 94 valence electrons. The molecule has 0 aromatic heterocycles. The predicted octanol–water partition coefficient (Wildman–Crippen LogP) is 3.36. The van der Waals surface area contributed by atoms with Crippen molar-refractivity contribution in [3.05, 3.63) is 65.7 Å². The van der Waals surface area contributed by atoms with Crippen molar-refractivity contribution < 1.29 is 9.84 Å². The van der Waals surface area contributed by atoms with Crippen LogP contribution in [0.25, 0.3) is 0 Å². The highest BCUT2D eigenvalue weighted by atomic mass is 16.5. The fraction of sp³-hybridized carbons (Fsp3) is 0.250. The Kier molecular flexibility index (Phi) is 4.37. The number of hydrogen-bond donors (Lipinski definition) is 1. The van der Waals surface area contributed by atoms with Gasteiger partial charge in [0.15, 0.2) is 0 Å². The average molecular weight is 242 g/mol. The van der Waals surface area contributed by atoms with Crippen LogP contribution in [0.5, 0.6) is 5.75 Å². The second-order valence-corrected chi connectivity index (χ2v) is 4.21. The van der Waals surface area contributed by atoms with E-state index < -0.39 is 6.10 Å². The van der Waals surface area contributed by atoms with E-state index in [9.17, 15) is 5.11 Å². The second-order valence-electron chi connectivity index (χ2n) is 4.21. The summed E-state index contributed by atoms with van der Waals surface area (Å²) in [6.07, 6.45) is 0.164. The number of ether oxygens (including phenoxy) is 1. The first-order valence-electron chi connectivity index (χ1n) is 6.24. The molecule has 0 saturated heterocycles. The van der Waals surface area contributed by atoms with E-state index in [2.05, 4.69) is 0 Å². The zero-order chi connectivity index (χ0) is 12.8. The third kappa shape index (κ3) is 3.34. The quantitative estimate of drug-likeness (QED) is 0.871. The van der Waals surface area contributed by atoms with E-state index in [1.54, 1.807) is 0 Å². The summed E-state index contributed by atoms with van der Waals surface area (Å²) in [6.45, 7) is 2.62. The molecule has 0 aliphatic rings. The molecule has 0 amide bonds. The fourth-order valence-electron chi connectivity index (χ4n) is 1.91. The van der Waals surface area contributed by atoms with Gasteiger partial charge in [-0.15, -0.1) is 0 Å². The van der Waals surface area contributed by atoms with Gasteiger partial charge < -0.3 is 9.84 Å². The van der Waals surface area contributed by atoms with E-state index in [0.717, 1.165) is 16.9 Å². The molecular weight excluding hydrogens is 224 g/mol. The summed E-state index contributed by atoms with van der Waals surface area (Å²) in [5, 5.41) is 10.2. The summed E-state index contributed by atoms with van der Waals surface area (Å²) in [4.78, 5) is 0. The lowest BCUT2D eigenvalue weighted by Gasteiger charge is -2.12. The Morgan fingerprint density at radius 1 is 1.00 bits per heavy atom. The molecule has 2 aromatic rings. The minimum absolute atomic E-state index is 0.469. The van der Waals surface area contributed by atoms with Gasteiger partial charge in [-0.25, -0.2) is 0 Å². The van der Waals surface area contributed by atoms with Crippen molar-refractivity contribution in [1.82, 2.24) is 0 Å². The predicted molar refractivity (Wildman–Crippen MR) is 72.7 cm³/mol. The van der Waals surface area contributed by atoms with Crippen LogP contribution >= 0.6 is 0 Å². The van der Waals surface area contributed by atoms with Crippen LogP contribution in [0.1, 0.15) is 24.2 Å². The number of hydrogen-bond acceptors (Lipinski definition) is 2. The Hall–Kier alpha value is -1.80. The van der Waals surface area contributed by atoms with Crippen LogP contribution in [-0.4, -0.2) is 11.7 Å². The maximum atomic E-state index is 10.2. The molecule has 0 heterocycles. The van der Waals surface area contributed by atoms with E-state index in [1.807, 2.05) is 61.5 Å². The van der Waals surface area contributed by atoms with Crippen molar-refractivity contribution in [2.24, 2.45) is 0 Å². The van der Waals surface area contributed by atoms with Crippen LogP contribution in [0.15, 0.2) is 54.6 Å². The lowest BCUT2D eigenvalue weighted by Crippen LogP contribution is -2.01. The van der Waals surface area contributed by atoms with Crippen molar-refractivity contribution in [3.63, 3.8) is 0 Å². The Bertz CT molecular complexity index is 462. The van der Waals surface area contributed by atoms with Gasteiger partial charge in [0.25, 0.3) is 0 Å². The summed E-state index contributed by atoms with van der Waals surface area (Å²) < 4.78 is 5.38. The molecule has 18 heavy (non-hydrogen) atoms. The summed E-state index contributed by atoms with van der Waals surface area (Å²) in [5.74, 6) is 0.841. The van der Waals surface area contributed by atoms with Crippen LogP contribution in [0.4, 0.5) is 0 Å². The molecule has 0 spiro atoms. The molecule has 0 fully saturated rings. The largest absolute Gasteiger partial charge is 0.494 e. The summed E-state index contributed by atoms with van der Waals surface area (Å²) in [7, 11) is 0. The minimum Gasteiger partial charge on any atom is -0.494 e. The van der Waals surface area contributed by atoms with Gasteiger partial charge in [0.2, 0.25) is 0 Å². The highest BCUT2D eigenvalue weighted by molar-refractivity contribution is 5.29. The third-order valence-electron chi connectivity index (χ3n) is 2.85. The molecule has 2 heteroatoms. The topological polar surface area (TPSA) is 29.5 Å². The lowest BCUT2D eigenvalue weighted by atomic mass is 10.0. The van der Waals surface area contributed by atoms with Crippen LogP contribution < -0.4 is 4.74 Å². The molecule has 2 nitrogen and oxygen atoms in total. The number of aliphatic hydroxyl groups excluding tert-OH is 1. The summed E-state index contributed by atoms with van der Waals surface area (Å²) in [5.41, 5.74) is 2.06. The Labute approximate surface area is 108 Å². The molecule has 0 aliphatic heterocycles. The first-order valence-corrected chi connectivity index (χ1v) is 6.24. The molecule has 0 bridgehead atoms. The van der Waals surface area contributed by atoms with Gasteiger partial charge in [0.05, 0.1) is 12.7 Å². The zero-order valence-corrected chi connectivity index (χ0v) is 10.5. The van der Waals surface area contributed by atoms with Gasteiger partial charge in [-0.3, -0.25) is 0 Å². The van der Waals surface area contributed by atoms with Gasteiger partial charge in [-0.05, 0) is 30.2 Å². The van der Waals surface area contributed by atoms with Crippen molar-refractivity contribution in [3.8, 4) is 5.75 Å². The zero-order valence-electron chi connectivity index (χ0n) is 10.5. The fourth-order valence-corrected chi connectivity index (χ4v) is 1.91. The molecule has 2 rings (SSSR count). The summed E-state index contributed by atoms with van der Waals surface area (Å²) >= 11 is 0. The maximum Gasteiger partial charge on any atom is 0.119 e. The first-order chi connectivity index (χ1) is 8.79. The standard InChI is InChI=1S/C16H18O2/c1-2-18-15-10-8-14(9-11-15)16(17)12-13-6-4-3-5-7-13/h3-11,16-17H,2,12H2,1H3. The molecular formula is C16H18O2. The minimum atomic E-state index is -0.469. The van der Waals surface area contributed by atoms with E-state index in [0.29, 0.717) is 13.0 Å². The number of aliphatic hydroxyl groups is 1. The van der Waals surface area contributed by atoms with Gasteiger partial charge >= 0.3 is 0 Å². The van der Waals surface area contributed by atoms with Crippen molar-refractivity contribution in [2.75, 3.05) is 6.61 Å². The Morgan fingerprint density at radius 2 is 1.67 bits per heavy atom. The number of rotatable bonds is 5. The number of benzene rings is 2. The molecule has 1 atom stereocenters. The van der Waals surface area contributed by atoms with Crippen molar-refractivity contribution >= 4 is 0 Å². The van der Waals surface area contributed by atoms with Crippen molar-refractivity contribution in [2.45, 2.75) is 19.4 Å². The highest BCUT2D eigenvalue weighted by Gasteiger charge is 2.08. The average Bonchev–Trinajstić information content (AvgIpc) is 2.41. The van der Waals surface area contributed by atoms with E-state index in [-0.39, 0.29) is 0 Å². The molecule has 0 aliphatic carbocycles. The summed E-state index contributed by atoms with van der Waals surface area (Å²) in [6, 6.07) is 17.6. The lowest BCUT2D eigenvalue weighted by molar-refractivity contribution is 0.178. The Morgan fingerprint density at radius 3 is 2.28 bits per heavy atom. The third-order valence-corrected chi connectivity index (χ3v) is 2.85. The van der Waals surface area contributed by atoms with Crippen LogP contribution in [-0.2, 0) is 6.42 Å². The van der Waals surface area contributed by atoms with Crippen LogP contribution in [0.2, 0.25) is 0 Å². The molecule has 1 unspecified atom stereocenters. The molecule has 1 N–H and O–H groups in total. The Balaban J connectivity index is 2.02. The smallest absolute Gasteiger partial charge is 0.119 e. The first kappa shape index (κ1) is 12.7. The van der Waals surface area contributed by atoms with Gasteiger partial charge in [0, 0.05) is 6.42 Å². The van der Waals surface area contributed by atoms with Crippen molar-refractivity contribution in [1.29, 1.82) is 0 Å². The SMILES string of the molecule is CCOc1ccc(C(O)Cc2ccccc2)cc1. The highest BCUT2D eigenvalue weighted by Crippen LogP contribution is 2.21. The normalized spacial score (nSPS) is 12.1. The van der Waals surface area contributed by atoms with Crippen LogP contribution in [0, 0.1) is 0 Å². The van der Waals surface area contributed by atoms with E-state index >= 15 is 0 Å². The maximum absolute atomic E-state index is 10.2. The second kappa shape index (κ2) is 6.22. The van der Waals surface area contributed by atoms with E-state index in [1.165, 1.54) is 0 Å². The molecule has 2 aromatic carbocycles. The van der Waals surface area contributed by atoms with E-state index in [4.69, 9.17) is 4.74 Å². The van der Waals surface area contributed by atoms with Gasteiger partial charge in [0.1, 0.15) is 5.75 Å². The van der Waals surface area contributed by atoms with Crippen LogP contribution in [0.3, 0.4) is 0 Å².